The molecule has 2 aromatic carbocycles. The Kier molecular flexibility index (Phi) is 4.71. The first-order chi connectivity index (χ1) is 12.8. The molecule has 0 bridgehead atoms. The Morgan fingerprint density at radius 3 is 2.81 bits per heavy atom. The van der Waals surface area contributed by atoms with Gasteiger partial charge in [-0.05, 0) is 31.5 Å². The Morgan fingerprint density at radius 1 is 1.23 bits per heavy atom. The molecule has 0 saturated carbocycles. The lowest BCUT2D eigenvalue weighted by Crippen LogP contribution is -2.26. The number of benzene rings is 2. The summed E-state index contributed by atoms with van der Waals surface area (Å²) < 4.78 is 21.3. The summed E-state index contributed by atoms with van der Waals surface area (Å²) in [6.07, 6.45) is 4.22. The van der Waals surface area contributed by atoms with E-state index in [1.165, 1.54) is 18.6 Å². The van der Waals surface area contributed by atoms with Crippen LogP contribution in [-0.4, -0.2) is 29.2 Å². The van der Waals surface area contributed by atoms with Crippen LogP contribution < -0.4 is 10.1 Å². The summed E-state index contributed by atoms with van der Waals surface area (Å²) in [5, 5.41) is 3.53. The average molecular weight is 351 g/mol. The molecule has 26 heavy (non-hydrogen) atoms. The number of methoxy groups -OCH3 is 1. The summed E-state index contributed by atoms with van der Waals surface area (Å²) in [6.45, 7) is 1.88. The monoisotopic (exact) mass is 351 g/mol. The highest BCUT2D eigenvalue weighted by Crippen LogP contribution is 2.37. The maximum absolute atomic E-state index is 13.7. The zero-order valence-electron chi connectivity index (χ0n) is 14.8. The highest BCUT2D eigenvalue weighted by molar-refractivity contribution is 5.81. The molecule has 1 aliphatic rings. The molecule has 1 saturated heterocycles. The van der Waals surface area contributed by atoms with E-state index >= 15 is 0 Å². The van der Waals surface area contributed by atoms with Gasteiger partial charge in [0.1, 0.15) is 11.6 Å². The summed E-state index contributed by atoms with van der Waals surface area (Å²) in [5.41, 5.74) is 3.73. The van der Waals surface area contributed by atoms with Gasteiger partial charge in [0.05, 0.1) is 24.8 Å². The zero-order valence-corrected chi connectivity index (χ0v) is 14.8. The second kappa shape index (κ2) is 7.30. The van der Waals surface area contributed by atoms with Gasteiger partial charge in [-0.1, -0.05) is 30.3 Å². The summed E-state index contributed by atoms with van der Waals surface area (Å²) in [5.74, 6) is 0.207. The van der Waals surface area contributed by atoms with Crippen molar-refractivity contribution in [2.75, 3.05) is 13.7 Å². The van der Waals surface area contributed by atoms with E-state index in [2.05, 4.69) is 14.9 Å². The number of nitrogens with one attached hydrogen (secondary N) is 1. The predicted molar refractivity (Wildman–Crippen MR) is 101 cm³/mol. The van der Waals surface area contributed by atoms with Crippen molar-refractivity contribution in [1.82, 2.24) is 14.9 Å². The van der Waals surface area contributed by atoms with Crippen LogP contribution in [0.1, 0.15) is 12.8 Å². The van der Waals surface area contributed by atoms with E-state index in [4.69, 9.17) is 4.74 Å². The van der Waals surface area contributed by atoms with Crippen molar-refractivity contribution < 1.29 is 9.13 Å². The van der Waals surface area contributed by atoms with Crippen LogP contribution in [-0.2, 0) is 6.54 Å². The Bertz CT molecular complexity index is 886. The molecule has 2 heterocycles. The minimum atomic E-state index is -0.310. The third-order valence-electron chi connectivity index (χ3n) is 4.88. The molecule has 4 nitrogen and oxygen atoms in total. The number of hydrogen-bond acceptors (Lipinski definition) is 3. The minimum absolute atomic E-state index is 0.310. The van der Waals surface area contributed by atoms with Gasteiger partial charge < -0.3 is 14.6 Å². The van der Waals surface area contributed by atoms with Gasteiger partial charge in [0, 0.05) is 29.8 Å². The highest BCUT2D eigenvalue weighted by Gasteiger charge is 2.22. The zero-order chi connectivity index (χ0) is 17.9. The Hall–Kier alpha value is -2.66. The van der Waals surface area contributed by atoms with Crippen LogP contribution in [0.4, 0.5) is 4.39 Å². The SMILES string of the molecule is COc1cc(F)ccc1-c1c(-c2ccccc2)ncn1C[C@H]1CCCN1. The van der Waals surface area contributed by atoms with Crippen molar-refractivity contribution in [3.8, 4) is 28.3 Å². The van der Waals surface area contributed by atoms with E-state index < -0.39 is 0 Å². The van der Waals surface area contributed by atoms with E-state index in [1.54, 1.807) is 13.2 Å². The molecule has 0 aliphatic carbocycles. The molecule has 3 aromatic rings. The number of halogens is 1. The number of hydrogen-bond donors (Lipinski definition) is 1. The van der Waals surface area contributed by atoms with E-state index in [-0.39, 0.29) is 5.82 Å². The maximum Gasteiger partial charge on any atom is 0.131 e. The molecule has 1 atom stereocenters. The van der Waals surface area contributed by atoms with Crippen LogP contribution in [0, 0.1) is 5.82 Å². The standard InChI is InChI=1S/C21H22FN3O/c1-26-19-12-16(22)9-10-18(19)21-20(15-6-3-2-4-7-15)24-14-25(21)13-17-8-5-11-23-17/h2-4,6-7,9-10,12,14,17,23H,5,8,11,13H2,1H3/t17-/m1/s1. The van der Waals surface area contributed by atoms with Gasteiger partial charge in [0.25, 0.3) is 0 Å². The lowest BCUT2D eigenvalue weighted by Gasteiger charge is -2.17. The van der Waals surface area contributed by atoms with E-state index in [0.29, 0.717) is 11.8 Å². The molecule has 0 spiro atoms. The fourth-order valence-corrected chi connectivity index (χ4v) is 3.62. The van der Waals surface area contributed by atoms with Gasteiger partial charge >= 0.3 is 0 Å². The van der Waals surface area contributed by atoms with E-state index in [1.807, 2.05) is 36.7 Å². The molecule has 5 heteroatoms. The van der Waals surface area contributed by atoms with Crippen molar-refractivity contribution in [2.24, 2.45) is 0 Å². The van der Waals surface area contributed by atoms with Crippen LogP contribution >= 0.6 is 0 Å². The highest BCUT2D eigenvalue weighted by atomic mass is 19.1. The van der Waals surface area contributed by atoms with Crippen molar-refractivity contribution in [1.29, 1.82) is 0 Å². The third kappa shape index (κ3) is 3.22. The lowest BCUT2D eigenvalue weighted by molar-refractivity contribution is 0.412. The molecule has 1 fully saturated rings. The van der Waals surface area contributed by atoms with Gasteiger partial charge in [-0.3, -0.25) is 0 Å². The Labute approximate surface area is 152 Å². The van der Waals surface area contributed by atoms with Crippen molar-refractivity contribution in [2.45, 2.75) is 25.4 Å². The van der Waals surface area contributed by atoms with Gasteiger partial charge in [-0.25, -0.2) is 9.37 Å². The van der Waals surface area contributed by atoms with Crippen LogP contribution in [0.3, 0.4) is 0 Å². The summed E-state index contributed by atoms with van der Waals surface area (Å²) in [7, 11) is 1.57. The molecule has 0 radical (unpaired) electrons. The largest absolute Gasteiger partial charge is 0.496 e. The number of rotatable bonds is 5. The molecule has 134 valence electrons. The predicted octanol–water partition coefficient (Wildman–Crippen LogP) is 4.12. The van der Waals surface area contributed by atoms with Gasteiger partial charge in [-0.15, -0.1) is 0 Å². The van der Waals surface area contributed by atoms with Crippen LogP contribution in [0.15, 0.2) is 54.9 Å². The lowest BCUT2D eigenvalue weighted by atomic mass is 10.0. The van der Waals surface area contributed by atoms with Gasteiger partial charge in [0.15, 0.2) is 0 Å². The topological polar surface area (TPSA) is 39.1 Å². The normalized spacial score (nSPS) is 16.8. The smallest absolute Gasteiger partial charge is 0.131 e. The number of aromatic nitrogens is 2. The molecule has 1 aliphatic heterocycles. The summed E-state index contributed by atoms with van der Waals surface area (Å²) in [4.78, 5) is 4.69. The first kappa shape index (κ1) is 16.8. The van der Waals surface area contributed by atoms with Crippen LogP contribution in [0.25, 0.3) is 22.5 Å². The summed E-state index contributed by atoms with van der Waals surface area (Å²) >= 11 is 0. The Balaban J connectivity index is 1.85. The second-order valence-electron chi connectivity index (χ2n) is 6.60. The van der Waals surface area contributed by atoms with Crippen molar-refractivity contribution >= 4 is 0 Å². The maximum atomic E-state index is 13.7. The molecule has 1 aromatic heterocycles. The van der Waals surface area contributed by atoms with E-state index in [0.717, 1.165) is 42.0 Å². The van der Waals surface area contributed by atoms with Crippen LogP contribution in [0.5, 0.6) is 5.75 Å². The first-order valence-electron chi connectivity index (χ1n) is 8.94. The van der Waals surface area contributed by atoms with Gasteiger partial charge in [0.2, 0.25) is 0 Å². The van der Waals surface area contributed by atoms with E-state index in [9.17, 15) is 4.39 Å². The Morgan fingerprint density at radius 2 is 2.08 bits per heavy atom. The second-order valence-corrected chi connectivity index (χ2v) is 6.60. The fraction of sp³-hybridized carbons (Fsp3) is 0.286. The molecule has 0 amide bonds. The number of ether oxygens (including phenoxy) is 1. The molecular formula is C21H22FN3O. The molecule has 1 N–H and O–H groups in total. The quantitative estimate of drug-likeness (QED) is 0.752. The number of imidazole rings is 1. The molecule has 4 rings (SSSR count). The third-order valence-corrected chi connectivity index (χ3v) is 4.88. The van der Waals surface area contributed by atoms with Crippen molar-refractivity contribution in [3.05, 3.63) is 60.7 Å². The van der Waals surface area contributed by atoms with Crippen LogP contribution in [0.2, 0.25) is 0 Å². The first-order valence-corrected chi connectivity index (χ1v) is 8.94. The molecule has 0 unspecified atom stereocenters. The van der Waals surface area contributed by atoms with Crippen molar-refractivity contribution in [3.63, 3.8) is 0 Å². The summed E-state index contributed by atoms with van der Waals surface area (Å²) in [6, 6.07) is 15.2. The molecular weight excluding hydrogens is 329 g/mol. The average Bonchev–Trinajstić information content (AvgIpc) is 3.33. The minimum Gasteiger partial charge on any atom is -0.496 e. The fourth-order valence-electron chi connectivity index (χ4n) is 3.62. The number of nitrogens with zero attached hydrogens (tertiary/aromatic N) is 2. The van der Waals surface area contributed by atoms with Gasteiger partial charge in [-0.2, -0.15) is 0 Å².